The molecule has 0 aliphatic heterocycles. The Morgan fingerprint density at radius 1 is 1.27 bits per heavy atom. The van der Waals surface area contributed by atoms with Crippen LogP contribution in [0.15, 0.2) is 0 Å². The molecule has 0 aromatic rings. The minimum absolute atomic E-state index is 0.393. The molecule has 0 bridgehead atoms. The van der Waals surface area contributed by atoms with Crippen molar-refractivity contribution in [1.29, 1.82) is 0 Å². The Bertz CT molecular complexity index is 142. The largest absolute Gasteiger partial charge is 0.328 e. The average Bonchev–Trinajstić information content (AvgIpc) is 2.23. The zero-order valence-corrected chi connectivity index (χ0v) is 11.6. The fourth-order valence-electron chi connectivity index (χ4n) is 1.82. The monoisotopic (exact) mass is 232 g/mol. The Balaban J connectivity index is 3.73. The van der Waals surface area contributed by atoms with Crippen molar-refractivity contribution in [3.8, 4) is 0 Å². The Labute approximate surface area is 100.0 Å². The summed E-state index contributed by atoms with van der Waals surface area (Å²) in [6.45, 7) is 5.61. The SMILES string of the molecule is CCCC(N)CCN(C)C(CC)CSC. The molecule has 0 aliphatic rings. The first-order valence-electron chi connectivity index (χ1n) is 6.10. The van der Waals surface area contributed by atoms with E-state index in [9.17, 15) is 0 Å². The molecule has 0 aromatic heterocycles. The number of nitrogens with two attached hydrogens (primary N) is 1. The summed E-state index contributed by atoms with van der Waals surface area (Å²) in [5.74, 6) is 1.23. The molecule has 2 N–H and O–H groups in total. The lowest BCUT2D eigenvalue weighted by atomic mass is 10.1. The topological polar surface area (TPSA) is 29.3 Å². The van der Waals surface area contributed by atoms with Crippen LogP contribution in [0.2, 0.25) is 0 Å². The van der Waals surface area contributed by atoms with Crippen molar-refractivity contribution in [3.05, 3.63) is 0 Å². The first kappa shape index (κ1) is 15.3. The third-order valence-corrected chi connectivity index (χ3v) is 3.68. The van der Waals surface area contributed by atoms with Crippen molar-refractivity contribution >= 4 is 11.8 Å². The van der Waals surface area contributed by atoms with Gasteiger partial charge in [-0.25, -0.2) is 0 Å². The van der Waals surface area contributed by atoms with Gasteiger partial charge in [-0.1, -0.05) is 20.3 Å². The van der Waals surface area contributed by atoms with Crippen molar-refractivity contribution in [2.24, 2.45) is 5.73 Å². The van der Waals surface area contributed by atoms with E-state index >= 15 is 0 Å². The average molecular weight is 232 g/mol. The third kappa shape index (κ3) is 7.20. The summed E-state index contributed by atoms with van der Waals surface area (Å²) in [6, 6.07) is 1.11. The maximum Gasteiger partial charge on any atom is 0.0180 e. The van der Waals surface area contributed by atoms with Crippen LogP contribution in [0.3, 0.4) is 0 Å². The molecule has 0 heterocycles. The van der Waals surface area contributed by atoms with Gasteiger partial charge in [-0.15, -0.1) is 0 Å². The zero-order chi connectivity index (χ0) is 11.7. The van der Waals surface area contributed by atoms with E-state index in [1.54, 1.807) is 0 Å². The maximum absolute atomic E-state index is 6.02. The van der Waals surface area contributed by atoms with E-state index < -0.39 is 0 Å². The number of hydrogen-bond acceptors (Lipinski definition) is 3. The first-order valence-corrected chi connectivity index (χ1v) is 7.49. The van der Waals surface area contributed by atoms with Gasteiger partial charge in [0.25, 0.3) is 0 Å². The first-order chi connectivity index (χ1) is 7.15. The predicted molar refractivity (Wildman–Crippen MR) is 72.6 cm³/mol. The van der Waals surface area contributed by atoms with Gasteiger partial charge in [-0.05, 0) is 39.1 Å². The molecular formula is C12H28N2S. The second-order valence-electron chi connectivity index (χ2n) is 4.34. The van der Waals surface area contributed by atoms with Crippen LogP contribution in [-0.2, 0) is 0 Å². The molecule has 0 aliphatic carbocycles. The molecule has 0 spiro atoms. The van der Waals surface area contributed by atoms with Gasteiger partial charge in [0, 0.05) is 17.8 Å². The molecule has 0 fully saturated rings. The summed E-state index contributed by atoms with van der Waals surface area (Å²) < 4.78 is 0. The Morgan fingerprint density at radius 2 is 1.93 bits per heavy atom. The number of hydrogen-bond donors (Lipinski definition) is 1. The molecule has 0 saturated carbocycles. The molecule has 2 nitrogen and oxygen atoms in total. The van der Waals surface area contributed by atoms with Crippen LogP contribution in [0.5, 0.6) is 0 Å². The summed E-state index contributed by atoms with van der Waals surface area (Å²) in [5, 5.41) is 0. The minimum Gasteiger partial charge on any atom is -0.328 e. The van der Waals surface area contributed by atoms with Crippen LogP contribution in [0, 0.1) is 0 Å². The second-order valence-corrected chi connectivity index (χ2v) is 5.25. The van der Waals surface area contributed by atoms with Gasteiger partial charge in [0.2, 0.25) is 0 Å². The van der Waals surface area contributed by atoms with Crippen molar-refractivity contribution in [2.75, 3.05) is 25.6 Å². The number of rotatable bonds is 9. The summed E-state index contributed by atoms with van der Waals surface area (Å²) >= 11 is 1.93. The number of nitrogens with zero attached hydrogens (tertiary/aromatic N) is 1. The van der Waals surface area contributed by atoms with Gasteiger partial charge >= 0.3 is 0 Å². The normalized spacial score (nSPS) is 15.6. The van der Waals surface area contributed by atoms with Gasteiger partial charge in [0.05, 0.1) is 0 Å². The molecular weight excluding hydrogens is 204 g/mol. The molecule has 0 amide bonds. The fraction of sp³-hybridized carbons (Fsp3) is 1.00. The lowest BCUT2D eigenvalue weighted by molar-refractivity contribution is 0.245. The fourth-order valence-corrected chi connectivity index (χ4v) is 2.69. The van der Waals surface area contributed by atoms with Crippen molar-refractivity contribution < 1.29 is 0 Å². The highest BCUT2D eigenvalue weighted by molar-refractivity contribution is 7.98. The molecule has 0 radical (unpaired) electrons. The van der Waals surface area contributed by atoms with Gasteiger partial charge < -0.3 is 10.6 Å². The second kappa shape index (κ2) is 9.49. The van der Waals surface area contributed by atoms with E-state index in [1.807, 2.05) is 11.8 Å². The lowest BCUT2D eigenvalue weighted by Gasteiger charge is -2.27. The van der Waals surface area contributed by atoms with Gasteiger partial charge in [0.1, 0.15) is 0 Å². The smallest absolute Gasteiger partial charge is 0.0180 e. The van der Waals surface area contributed by atoms with E-state index in [2.05, 4.69) is 32.1 Å². The van der Waals surface area contributed by atoms with Crippen molar-refractivity contribution in [3.63, 3.8) is 0 Å². The van der Waals surface area contributed by atoms with Crippen LogP contribution >= 0.6 is 11.8 Å². The van der Waals surface area contributed by atoms with Crippen molar-refractivity contribution in [2.45, 2.75) is 51.6 Å². The highest BCUT2D eigenvalue weighted by Gasteiger charge is 2.12. The molecule has 0 aromatic carbocycles. The van der Waals surface area contributed by atoms with Crippen LogP contribution < -0.4 is 5.73 Å². The van der Waals surface area contributed by atoms with E-state index in [4.69, 9.17) is 5.73 Å². The Morgan fingerprint density at radius 3 is 2.40 bits per heavy atom. The summed E-state index contributed by atoms with van der Waals surface area (Å²) in [7, 11) is 2.23. The summed E-state index contributed by atoms with van der Waals surface area (Å²) in [4.78, 5) is 2.46. The third-order valence-electron chi connectivity index (χ3n) is 2.97. The van der Waals surface area contributed by atoms with Crippen LogP contribution in [0.1, 0.15) is 39.5 Å². The molecule has 2 unspecified atom stereocenters. The van der Waals surface area contributed by atoms with Gasteiger partial charge in [0.15, 0.2) is 0 Å². The van der Waals surface area contributed by atoms with Gasteiger partial charge in [-0.2, -0.15) is 11.8 Å². The molecule has 2 atom stereocenters. The van der Waals surface area contributed by atoms with E-state index in [0.29, 0.717) is 12.1 Å². The summed E-state index contributed by atoms with van der Waals surface area (Å²) in [5.41, 5.74) is 6.02. The van der Waals surface area contributed by atoms with E-state index in [1.165, 1.54) is 18.6 Å². The highest BCUT2D eigenvalue weighted by Crippen LogP contribution is 2.09. The standard InChI is InChI=1S/C12H28N2S/c1-5-7-11(13)8-9-14(3)12(6-2)10-15-4/h11-12H,5-10,13H2,1-4H3. The number of thioether (sulfide) groups is 1. The highest BCUT2D eigenvalue weighted by atomic mass is 32.2. The van der Waals surface area contributed by atoms with Crippen LogP contribution in [-0.4, -0.2) is 42.6 Å². The van der Waals surface area contributed by atoms with Gasteiger partial charge in [-0.3, -0.25) is 0 Å². The van der Waals surface area contributed by atoms with Crippen molar-refractivity contribution in [1.82, 2.24) is 4.90 Å². The molecule has 92 valence electrons. The molecule has 0 saturated heterocycles. The Hall–Kier alpha value is 0.270. The Kier molecular flexibility index (Phi) is 9.66. The van der Waals surface area contributed by atoms with Crippen LogP contribution in [0.25, 0.3) is 0 Å². The molecule has 15 heavy (non-hydrogen) atoms. The zero-order valence-electron chi connectivity index (χ0n) is 10.8. The quantitative estimate of drug-likeness (QED) is 0.662. The maximum atomic E-state index is 6.02. The van der Waals surface area contributed by atoms with E-state index in [0.717, 1.165) is 19.4 Å². The minimum atomic E-state index is 0.393. The summed E-state index contributed by atoms with van der Waals surface area (Å²) in [6.07, 6.45) is 6.91. The molecule has 0 rings (SSSR count). The van der Waals surface area contributed by atoms with Crippen LogP contribution in [0.4, 0.5) is 0 Å². The van der Waals surface area contributed by atoms with E-state index in [-0.39, 0.29) is 0 Å². The lowest BCUT2D eigenvalue weighted by Crippen LogP contribution is -2.36. The predicted octanol–water partition coefficient (Wildman–Crippen LogP) is 2.58. The molecule has 3 heteroatoms.